The largest absolute Gasteiger partial charge is 0.370 e. The Balaban J connectivity index is 1.96. The van der Waals surface area contributed by atoms with Crippen LogP contribution in [0.25, 0.3) is 0 Å². The highest BCUT2D eigenvalue weighted by molar-refractivity contribution is 5.81. The van der Waals surface area contributed by atoms with Crippen molar-refractivity contribution in [2.45, 2.75) is 31.8 Å². The van der Waals surface area contributed by atoms with Crippen molar-refractivity contribution in [3.05, 3.63) is 35.1 Å². The number of hydrogen-bond donors (Lipinski definition) is 1. The van der Waals surface area contributed by atoms with E-state index in [2.05, 4.69) is 9.89 Å². The molecule has 3 rings (SSSR count). The van der Waals surface area contributed by atoms with Crippen LogP contribution in [-0.2, 0) is 0 Å². The molecule has 1 aliphatic heterocycles. The maximum absolute atomic E-state index is 13.9. The molecule has 1 heterocycles. The molecule has 0 spiro atoms. The fourth-order valence-electron chi connectivity index (χ4n) is 2.47. The van der Waals surface area contributed by atoms with E-state index in [1.54, 1.807) is 6.07 Å². The zero-order chi connectivity index (χ0) is 12.0. The second kappa shape index (κ2) is 3.72. The summed E-state index contributed by atoms with van der Waals surface area (Å²) in [5.74, 6) is 0.412. The molecule has 1 unspecified atom stereocenters. The van der Waals surface area contributed by atoms with E-state index in [9.17, 15) is 4.39 Å². The van der Waals surface area contributed by atoms with Crippen LogP contribution in [0.2, 0.25) is 0 Å². The van der Waals surface area contributed by atoms with Crippen molar-refractivity contribution in [1.29, 1.82) is 0 Å². The van der Waals surface area contributed by atoms with E-state index < -0.39 is 0 Å². The van der Waals surface area contributed by atoms with Gasteiger partial charge in [0.1, 0.15) is 5.82 Å². The summed E-state index contributed by atoms with van der Waals surface area (Å²) >= 11 is 0. The van der Waals surface area contributed by atoms with E-state index in [0.29, 0.717) is 18.5 Å². The number of nitrogens with zero attached hydrogens (tertiary/aromatic N) is 2. The zero-order valence-electron chi connectivity index (χ0n) is 9.86. The van der Waals surface area contributed by atoms with Crippen LogP contribution >= 0.6 is 0 Å². The summed E-state index contributed by atoms with van der Waals surface area (Å²) in [6.45, 7) is 2.55. The van der Waals surface area contributed by atoms with Gasteiger partial charge >= 0.3 is 0 Å². The normalized spacial score (nSPS) is 24.0. The number of guanidine groups is 1. The van der Waals surface area contributed by atoms with Crippen molar-refractivity contribution < 1.29 is 4.39 Å². The van der Waals surface area contributed by atoms with Gasteiger partial charge in [-0.2, -0.15) is 0 Å². The second-order valence-corrected chi connectivity index (χ2v) is 4.88. The number of aryl methyl sites for hydroxylation is 1. The van der Waals surface area contributed by atoms with Crippen LogP contribution in [-0.4, -0.2) is 23.4 Å². The minimum atomic E-state index is -0.156. The number of benzene rings is 1. The molecule has 0 bridgehead atoms. The van der Waals surface area contributed by atoms with Crippen molar-refractivity contribution in [3.8, 4) is 0 Å². The Morgan fingerprint density at radius 2 is 2.18 bits per heavy atom. The summed E-state index contributed by atoms with van der Waals surface area (Å²) in [4.78, 5) is 6.34. The molecular formula is C13H16FN3. The average Bonchev–Trinajstić information content (AvgIpc) is 3.06. The van der Waals surface area contributed by atoms with Crippen molar-refractivity contribution in [1.82, 2.24) is 4.90 Å². The average molecular weight is 233 g/mol. The second-order valence-electron chi connectivity index (χ2n) is 4.88. The third-order valence-corrected chi connectivity index (χ3v) is 3.48. The Morgan fingerprint density at radius 3 is 2.88 bits per heavy atom. The van der Waals surface area contributed by atoms with Crippen LogP contribution < -0.4 is 5.73 Å². The summed E-state index contributed by atoms with van der Waals surface area (Å²) < 4.78 is 13.9. The summed E-state index contributed by atoms with van der Waals surface area (Å²) in [6, 6.07) is 5.68. The topological polar surface area (TPSA) is 41.6 Å². The van der Waals surface area contributed by atoms with Gasteiger partial charge in [-0.05, 0) is 25.8 Å². The first-order valence-electron chi connectivity index (χ1n) is 6.01. The van der Waals surface area contributed by atoms with Crippen molar-refractivity contribution in [3.63, 3.8) is 0 Å². The monoisotopic (exact) mass is 233 g/mol. The van der Waals surface area contributed by atoms with Crippen molar-refractivity contribution in [2.75, 3.05) is 6.54 Å². The first-order chi connectivity index (χ1) is 8.16. The number of nitrogens with two attached hydrogens (primary N) is 1. The molecular weight excluding hydrogens is 217 g/mol. The minimum absolute atomic E-state index is 0.0117. The van der Waals surface area contributed by atoms with Crippen LogP contribution in [0.1, 0.15) is 30.0 Å². The zero-order valence-corrected chi connectivity index (χ0v) is 9.86. The Labute approximate surface area is 100 Å². The van der Waals surface area contributed by atoms with Gasteiger partial charge in [0.2, 0.25) is 0 Å². The maximum atomic E-state index is 13.9. The molecule has 0 radical (unpaired) electrons. The van der Waals surface area contributed by atoms with Gasteiger partial charge in [0.25, 0.3) is 0 Å². The van der Waals surface area contributed by atoms with Crippen LogP contribution in [0.15, 0.2) is 23.2 Å². The number of rotatable bonds is 2. The standard InChI is InChI=1S/C13H16FN3/c1-8-2-5-11(14)10(6-8)12-7-16-13(15)17(12)9-3-4-9/h2,5-6,9,12H,3-4,7H2,1H3,(H2,15,16). The molecule has 0 aromatic heterocycles. The van der Waals surface area contributed by atoms with Gasteiger partial charge in [-0.25, -0.2) is 4.39 Å². The number of hydrogen-bond acceptors (Lipinski definition) is 3. The molecule has 2 N–H and O–H groups in total. The van der Waals surface area contributed by atoms with E-state index in [4.69, 9.17) is 5.73 Å². The molecule has 1 saturated carbocycles. The van der Waals surface area contributed by atoms with E-state index in [0.717, 1.165) is 24.0 Å². The molecule has 1 aromatic carbocycles. The molecule has 0 saturated heterocycles. The molecule has 4 heteroatoms. The fraction of sp³-hybridized carbons (Fsp3) is 0.462. The summed E-state index contributed by atoms with van der Waals surface area (Å²) in [5.41, 5.74) is 7.68. The minimum Gasteiger partial charge on any atom is -0.370 e. The van der Waals surface area contributed by atoms with E-state index in [-0.39, 0.29) is 11.9 Å². The molecule has 3 nitrogen and oxygen atoms in total. The summed E-state index contributed by atoms with van der Waals surface area (Å²) in [6.07, 6.45) is 2.28. The Bertz CT molecular complexity index is 480. The van der Waals surface area contributed by atoms with Gasteiger partial charge in [0.15, 0.2) is 5.96 Å². The fourth-order valence-corrected chi connectivity index (χ4v) is 2.47. The van der Waals surface area contributed by atoms with Gasteiger partial charge in [-0.3, -0.25) is 4.99 Å². The third kappa shape index (κ3) is 1.77. The van der Waals surface area contributed by atoms with E-state index >= 15 is 0 Å². The van der Waals surface area contributed by atoms with Crippen LogP contribution in [0.5, 0.6) is 0 Å². The van der Waals surface area contributed by atoms with Crippen LogP contribution in [0.3, 0.4) is 0 Å². The summed E-state index contributed by atoms with van der Waals surface area (Å²) in [5, 5.41) is 0. The van der Waals surface area contributed by atoms with Gasteiger partial charge < -0.3 is 10.6 Å². The molecule has 90 valence electrons. The first kappa shape index (κ1) is 10.6. The predicted molar refractivity (Wildman–Crippen MR) is 65.2 cm³/mol. The number of halogens is 1. The molecule has 0 amide bonds. The van der Waals surface area contributed by atoms with Crippen LogP contribution in [0.4, 0.5) is 4.39 Å². The Hall–Kier alpha value is -1.58. The van der Waals surface area contributed by atoms with Gasteiger partial charge in [-0.1, -0.05) is 17.7 Å². The molecule has 2 aliphatic rings. The highest BCUT2D eigenvalue weighted by Crippen LogP contribution is 2.37. The van der Waals surface area contributed by atoms with Gasteiger partial charge in [-0.15, -0.1) is 0 Å². The highest BCUT2D eigenvalue weighted by atomic mass is 19.1. The molecule has 17 heavy (non-hydrogen) atoms. The maximum Gasteiger partial charge on any atom is 0.192 e. The predicted octanol–water partition coefficient (Wildman–Crippen LogP) is 1.97. The van der Waals surface area contributed by atoms with E-state index in [1.165, 1.54) is 6.07 Å². The van der Waals surface area contributed by atoms with Gasteiger partial charge in [0, 0.05) is 11.6 Å². The quantitative estimate of drug-likeness (QED) is 0.848. The summed E-state index contributed by atoms with van der Waals surface area (Å²) in [7, 11) is 0. The molecule has 1 aliphatic carbocycles. The van der Waals surface area contributed by atoms with Gasteiger partial charge in [0.05, 0.1) is 12.6 Å². The third-order valence-electron chi connectivity index (χ3n) is 3.48. The highest BCUT2D eigenvalue weighted by Gasteiger charge is 2.39. The van der Waals surface area contributed by atoms with E-state index in [1.807, 2.05) is 13.0 Å². The lowest BCUT2D eigenvalue weighted by Crippen LogP contribution is -2.38. The van der Waals surface area contributed by atoms with Crippen molar-refractivity contribution in [2.24, 2.45) is 10.7 Å². The lowest BCUT2D eigenvalue weighted by molar-refractivity contribution is 0.329. The lowest BCUT2D eigenvalue weighted by atomic mass is 10.0. The molecule has 1 atom stereocenters. The van der Waals surface area contributed by atoms with Crippen molar-refractivity contribution >= 4 is 5.96 Å². The smallest absolute Gasteiger partial charge is 0.192 e. The Morgan fingerprint density at radius 1 is 1.41 bits per heavy atom. The number of aliphatic imine (C=N–C) groups is 1. The first-order valence-corrected chi connectivity index (χ1v) is 6.01. The Kier molecular flexibility index (Phi) is 2.31. The molecule has 1 fully saturated rings. The van der Waals surface area contributed by atoms with Crippen LogP contribution in [0, 0.1) is 12.7 Å². The molecule has 1 aromatic rings. The lowest BCUT2D eigenvalue weighted by Gasteiger charge is -2.26. The SMILES string of the molecule is Cc1ccc(F)c(C2CN=C(N)N2C2CC2)c1.